The Balaban J connectivity index is 2.58. The second-order valence-corrected chi connectivity index (χ2v) is 5.45. The molecule has 1 aromatic heterocycles. The molecular weight excluding hydrogens is 258 g/mol. The molecule has 0 aliphatic heterocycles. The summed E-state index contributed by atoms with van der Waals surface area (Å²) in [4.78, 5) is 1.25. The lowest BCUT2D eigenvalue weighted by Crippen LogP contribution is -1.85. The Morgan fingerprint density at radius 2 is 1.86 bits per heavy atom. The van der Waals surface area contributed by atoms with E-state index in [1.807, 2.05) is 18.2 Å². The minimum Gasteiger partial charge on any atom is -0.397 e. The summed E-state index contributed by atoms with van der Waals surface area (Å²) in [5, 5.41) is 0. The van der Waals surface area contributed by atoms with Crippen LogP contribution in [0.4, 0.5) is 5.69 Å². The zero-order valence-corrected chi connectivity index (χ0v) is 10.2. The highest BCUT2D eigenvalue weighted by Gasteiger charge is 2.11. The summed E-state index contributed by atoms with van der Waals surface area (Å²) in [7, 11) is 0. The first-order valence-corrected chi connectivity index (χ1v) is 5.91. The monoisotopic (exact) mass is 267 g/mol. The van der Waals surface area contributed by atoms with Gasteiger partial charge in [-0.1, -0.05) is 30.3 Å². The predicted molar refractivity (Wildman–Crippen MR) is 66.6 cm³/mol. The first-order valence-electron chi connectivity index (χ1n) is 4.30. The molecule has 0 atom stereocenters. The Kier molecular flexibility index (Phi) is 2.61. The van der Waals surface area contributed by atoms with Crippen LogP contribution in [-0.4, -0.2) is 0 Å². The number of nitrogens with two attached hydrogens (primary N) is 1. The van der Waals surface area contributed by atoms with Crippen molar-refractivity contribution in [2.75, 3.05) is 5.73 Å². The second-order valence-electron chi connectivity index (χ2n) is 3.11. The molecule has 72 valence electrons. The highest BCUT2D eigenvalue weighted by atomic mass is 79.9. The van der Waals surface area contributed by atoms with Gasteiger partial charge in [-0.15, -0.1) is 11.3 Å². The fourth-order valence-electron chi connectivity index (χ4n) is 1.36. The number of anilines is 1. The van der Waals surface area contributed by atoms with Crippen LogP contribution < -0.4 is 5.73 Å². The lowest BCUT2D eigenvalue weighted by Gasteiger charge is -1.98. The van der Waals surface area contributed by atoms with E-state index in [0.29, 0.717) is 0 Å². The molecule has 0 radical (unpaired) electrons. The van der Waals surface area contributed by atoms with Gasteiger partial charge in [0, 0.05) is 4.88 Å². The minimum absolute atomic E-state index is 0.855. The van der Waals surface area contributed by atoms with Gasteiger partial charge in [0.15, 0.2) is 0 Å². The number of hydrogen-bond acceptors (Lipinski definition) is 2. The maximum absolute atomic E-state index is 5.90. The Hall–Kier alpha value is -0.800. The van der Waals surface area contributed by atoms with E-state index in [1.165, 1.54) is 10.4 Å². The zero-order chi connectivity index (χ0) is 10.1. The molecule has 0 aliphatic rings. The molecule has 0 aliphatic carbocycles. The molecule has 1 aromatic carbocycles. The largest absolute Gasteiger partial charge is 0.397 e. The van der Waals surface area contributed by atoms with Crippen molar-refractivity contribution in [2.45, 2.75) is 6.92 Å². The van der Waals surface area contributed by atoms with E-state index in [4.69, 9.17) is 5.73 Å². The molecular formula is C11H10BrNS. The van der Waals surface area contributed by atoms with Gasteiger partial charge < -0.3 is 5.73 Å². The standard InChI is InChI=1S/C11H10BrNS/c1-7-9(13)11(12)14-10(7)8-5-3-2-4-6-8/h2-6H,13H2,1H3. The molecule has 3 heteroatoms. The zero-order valence-electron chi connectivity index (χ0n) is 7.75. The molecule has 0 fully saturated rings. The summed E-state index contributed by atoms with van der Waals surface area (Å²) < 4.78 is 1.02. The van der Waals surface area contributed by atoms with Crippen molar-refractivity contribution in [3.05, 3.63) is 39.7 Å². The maximum atomic E-state index is 5.90. The molecule has 2 rings (SSSR count). The number of nitrogen functional groups attached to an aromatic ring is 1. The van der Waals surface area contributed by atoms with E-state index in [9.17, 15) is 0 Å². The van der Waals surface area contributed by atoms with Crippen LogP contribution in [0.1, 0.15) is 5.56 Å². The van der Waals surface area contributed by atoms with Gasteiger partial charge in [-0.3, -0.25) is 0 Å². The molecule has 1 heterocycles. The number of thiophene rings is 1. The van der Waals surface area contributed by atoms with Crippen molar-refractivity contribution in [1.29, 1.82) is 0 Å². The van der Waals surface area contributed by atoms with Crippen molar-refractivity contribution < 1.29 is 0 Å². The Morgan fingerprint density at radius 1 is 1.21 bits per heavy atom. The van der Waals surface area contributed by atoms with Crippen molar-refractivity contribution in [2.24, 2.45) is 0 Å². The number of hydrogen-bond donors (Lipinski definition) is 1. The third-order valence-corrected chi connectivity index (χ3v) is 4.24. The predicted octanol–water partition coefficient (Wildman–Crippen LogP) is 4.07. The first-order chi connectivity index (χ1) is 6.70. The maximum Gasteiger partial charge on any atom is 0.0936 e. The summed E-state index contributed by atoms with van der Waals surface area (Å²) in [6.07, 6.45) is 0. The van der Waals surface area contributed by atoms with Gasteiger partial charge in [-0.2, -0.15) is 0 Å². The van der Waals surface area contributed by atoms with Crippen LogP contribution in [0.2, 0.25) is 0 Å². The summed E-state index contributed by atoms with van der Waals surface area (Å²) >= 11 is 5.14. The normalized spacial score (nSPS) is 10.4. The third-order valence-electron chi connectivity index (χ3n) is 2.18. The van der Waals surface area contributed by atoms with Gasteiger partial charge >= 0.3 is 0 Å². The van der Waals surface area contributed by atoms with Crippen molar-refractivity contribution in [1.82, 2.24) is 0 Å². The van der Waals surface area contributed by atoms with Gasteiger partial charge in [-0.25, -0.2) is 0 Å². The third kappa shape index (κ3) is 1.57. The van der Waals surface area contributed by atoms with Gasteiger partial charge in [-0.05, 0) is 34.0 Å². The average molecular weight is 268 g/mol. The van der Waals surface area contributed by atoms with Crippen LogP contribution in [0, 0.1) is 6.92 Å². The van der Waals surface area contributed by atoms with Crippen LogP contribution >= 0.6 is 27.3 Å². The van der Waals surface area contributed by atoms with Crippen LogP contribution in [0.5, 0.6) is 0 Å². The fraction of sp³-hybridized carbons (Fsp3) is 0.0909. The molecule has 2 N–H and O–H groups in total. The van der Waals surface area contributed by atoms with E-state index < -0.39 is 0 Å². The van der Waals surface area contributed by atoms with Crippen LogP contribution in [-0.2, 0) is 0 Å². The molecule has 0 unspecified atom stereocenters. The molecule has 1 nitrogen and oxygen atoms in total. The lowest BCUT2D eigenvalue weighted by molar-refractivity contribution is 1.53. The summed E-state index contributed by atoms with van der Waals surface area (Å²) in [6, 6.07) is 10.3. The van der Waals surface area contributed by atoms with Gasteiger partial charge in [0.05, 0.1) is 9.47 Å². The van der Waals surface area contributed by atoms with Crippen molar-refractivity contribution in [3.8, 4) is 10.4 Å². The second kappa shape index (κ2) is 3.75. The number of halogens is 1. The molecule has 0 amide bonds. The highest BCUT2D eigenvalue weighted by molar-refractivity contribution is 9.11. The summed E-state index contributed by atoms with van der Waals surface area (Å²) in [5.74, 6) is 0. The number of rotatable bonds is 1. The molecule has 0 saturated heterocycles. The average Bonchev–Trinajstić information content (AvgIpc) is 2.47. The quantitative estimate of drug-likeness (QED) is 0.829. The Morgan fingerprint density at radius 3 is 2.36 bits per heavy atom. The summed E-state index contributed by atoms with van der Waals surface area (Å²) in [6.45, 7) is 2.05. The van der Waals surface area contributed by atoms with Gasteiger partial charge in [0.2, 0.25) is 0 Å². The van der Waals surface area contributed by atoms with Crippen molar-refractivity contribution in [3.63, 3.8) is 0 Å². The number of benzene rings is 1. The fourth-order valence-corrected chi connectivity index (χ4v) is 3.10. The topological polar surface area (TPSA) is 26.0 Å². The summed E-state index contributed by atoms with van der Waals surface area (Å²) in [5.41, 5.74) is 9.15. The van der Waals surface area contributed by atoms with E-state index >= 15 is 0 Å². The van der Waals surface area contributed by atoms with E-state index in [0.717, 1.165) is 15.0 Å². The van der Waals surface area contributed by atoms with Crippen LogP contribution in [0.3, 0.4) is 0 Å². The Bertz CT molecular complexity index is 448. The molecule has 2 aromatic rings. The smallest absolute Gasteiger partial charge is 0.0936 e. The SMILES string of the molecule is Cc1c(-c2ccccc2)sc(Br)c1N. The van der Waals surface area contributed by atoms with Gasteiger partial charge in [0.25, 0.3) is 0 Å². The molecule has 0 saturated carbocycles. The lowest BCUT2D eigenvalue weighted by atomic mass is 10.1. The van der Waals surface area contributed by atoms with E-state index in [2.05, 4.69) is 35.0 Å². The Labute approximate surface area is 95.7 Å². The minimum atomic E-state index is 0.855. The molecule has 0 bridgehead atoms. The molecule has 0 spiro atoms. The van der Waals surface area contributed by atoms with Crippen LogP contribution in [0.15, 0.2) is 34.1 Å². The highest BCUT2D eigenvalue weighted by Crippen LogP contribution is 2.40. The van der Waals surface area contributed by atoms with E-state index in [-0.39, 0.29) is 0 Å². The van der Waals surface area contributed by atoms with Crippen LogP contribution in [0.25, 0.3) is 10.4 Å². The van der Waals surface area contributed by atoms with Crippen molar-refractivity contribution >= 4 is 33.0 Å². The van der Waals surface area contributed by atoms with E-state index in [1.54, 1.807) is 11.3 Å². The molecule has 14 heavy (non-hydrogen) atoms. The first kappa shape index (κ1) is 9.74. The van der Waals surface area contributed by atoms with Gasteiger partial charge in [0.1, 0.15) is 0 Å².